The number of aliphatic hydroxyl groups is 1. The summed E-state index contributed by atoms with van der Waals surface area (Å²) in [4.78, 5) is 13.6. The molecule has 1 aromatic rings. The molecular formula is C17H23NO2. The number of nitrogens with zero attached hydrogens (tertiary/aromatic N) is 1. The number of hydrogen-bond acceptors (Lipinski definition) is 2. The van der Waals surface area contributed by atoms with Gasteiger partial charge in [-0.25, -0.2) is 0 Å². The van der Waals surface area contributed by atoms with E-state index in [1.807, 2.05) is 42.5 Å². The van der Waals surface area contributed by atoms with Gasteiger partial charge in [-0.1, -0.05) is 42.5 Å². The average molecular weight is 273 g/mol. The highest BCUT2D eigenvalue weighted by molar-refractivity contribution is 5.76. The van der Waals surface area contributed by atoms with Crippen LogP contribution in [0.1, 0.15) is 31.2 Å². The van der Waals surface area contributed by atoms with Crippen LogP contribution in [0.15, 0.2) is 36.4 Å². The summed E-state index contributed by atoms with van der Waals surface area (Å²) in [5, 5.41) is 9.82. The van der Waals surface area contributed by atoms with Gasteiger partial charge in [0.05, 0.1) is 6.10 Å². The lowest BCUT2D eigenvalue weighted by molar-refractivity contribution is -0.131. The summed E-state index contributed by atoms with van der Waals surface area (Å²) in [5.41, 5.74) is 1.15. The molecule has 1 unspecified atom stereocenters. The number of aliphatic hydroxyl groups excluding tert-OH is 1. The molecule has 1 atom stereocenters. The van der Waals surface area contributed by atoms with E-state index in [1.54, 1.807) is 11.9 Å². The summed E-state index contributed by atoms with van der Waals surface area (Å²) >= 11 is 0. The Kier molecular flexibility index (Phi) is 5.36. The number of benzene rings is 1. The summed E-state index contributed by atoms with van der Waals surface area (Å²) < 4.78 is 0. The van der Waals surface area contributed by atoms with Crippen LogP contribution < -0.4 is 0 Å². The summed E-state index contributed by atoms with van der Waals surface area (Å²) in [6.45, 7) is 0.464. The molecule has 0 saturated heterocycles. The summed E-state index contributed by atoms with van der Waals surface area (Å²) in [5.74, 6) is 0.519. The molecular weight excluding hydrogens is 250 g/mol. The van der Waals surface area contributed by atoms with Crippen molar-refractivity contribution in [3.8, 4) is 0 Å². The highest BCUT2D eigenvalue weighted by Crippen LogP contribution is 2.32. The number of rotatable bonds is 7. The Hall–Kier alpha value is -1.61. The first kappa shape index (κ1) is 14.8. The van der Waals surface area contributed by atoms with E-state index in [-0.39, 0.29) is 12.0 Å². The zero-order valence-electron chi connectivity index (χ0n) is 12.0. The van der Waals surface area contributed by atoms with Crippen molar-refractivity contribution in [2.75, 3.05) is 13.6 Å². The van der Waals surface area contributed by atoms with E-state index in [0.29, 0.717) is 18.9 Å². The van der Waals surface area contributed by atoms with E-state index in [0.717, 1.165) is 24.8 Å². The van der Waals surface area contributed by atoms with Crippen LogP contribution >= 0.6 is 0 Å². The molecule has 108 valence electrons. The second-order valence-corrected chi connectivity index (χ2v) is 5.53. The van der Waals surface area contributed by atoms with Crippen molar-refractivity contribution in [1.29, 1.82) is 0 Å². The van der Waals surface area contributed by atoms with Gasteiger partial charge in [-0.3, -0.25) is 4.79 Å². The van der Waals surface area contributed by atoms with Crippen molar-refractivity contribution in [3.63, 3.8) is 0 Å². The highest BCUT2D eigenvalue weighted by Gasteiger charge is 2.30. The van der Waals surface area contributed by atoms with E-state index < -0.39 is 0 Å². The van der Waals surface area contributed by atoms with Crippen molar-refractivity contribution >= 4 is 12.0 Å². The molecule has 0 aromatic heterocycles. The van der Waals surface area contributed by atoms with Crippen molar-refractivity contribution in [2.45, 2.75) is 31.8 Å². The van der Waals surface area contributed by atoms with Crippen LogP contribution in [-0.4, -0.2) is 35.6 Å². The molecule has 0 bridgehead atoms. The van der Waals surface area contributed by atoms with E-state index in [2.05, 4.69) is 0 Å². The van der Waals surface area contributed by atoms with E-state index >= 15 is 0 Å². The zero-order chi connectivity index (χ0) is 14.4. The summed E-state index contributed by atoms with van der Waals surface area (Å²) in [6.07, 6.45) is 7.15. The lowest BCUT2D eigenvalue weighted by atomic mass is 10.1. The Labute approximate surface area is 120 Å². The molecule has 3 heteroatoms. The Morgan fingerprint density at radius 1 is 1.40 bits per heavy atom. The fraction of sp³-hybridized carbons (Fsp3) is 0.471. The quantitative estimate of drug-likeness (QED) is 0.830. The maximum Gasteiger partial charge on any atom is 0.222 e. The fourth-order valence-corrected chi connectivity index (χ4v) is 2.19. The van der Waals surface area contributed by atoms with Gasteiger partial charge in [0.15, 0.2) is 0 Å². The molecule has 1 amide bonds. The van der Waals surface area contributed by atoms with Gasteiger partial charge in [0.1, 0.15) is 0 Å². The minimum atomic E-state index is -0.344. The number of carbonyl (C=O) groups excluding carboxylic acids is 1. The third kappa shape index (κ3) is 4.82. The number of allylic oxidation sites excluding steroid dienone is 1. The lowest BCUT2D eigenvalue weighted by Gasteiger charge is -2.20. The standard InChI is InChI=1S/C17H23NO2/c1-18(13-16(19)15-11-12-15)17(20)10-6-5-9-14-7-3-2-4-8-14/h2-5,7-9,15-16,19H,6,10-13H2,1H3/b9-5+. The second-order valence-electron chi connectivity index (χ2n) is 5.53. The van der Waals surface area contributed by atoms with Gasteiger partial charge >= 0.3 is 0 Å². The van der Waals surface area contributed by atoms with Gasteiger partial charge in [-0.15, -0.1) is 0 Å². The molecule has 1 aliphatic carbocycles. The molecule has 1 N–H and O–H groups in total. The molecule has 20 heavy (non-hydrogen) atoms. The van der Waals surface area contributed by atoms with Crippen LogP contribution in [0, 0.1) is 5.92 Å². The normalized spacial score (nSPS) is 16.3. The minimum Gasteiger partial charge on any atom is -0.391 e. The van der Waals surface area contributed by atoms with Crippen LogP contribution in [0.5, 0.6) is 0 Å². The largest absolute Gasteiger partial charge is 0.391 e. The number of likely N-dealkylation sites (N-methyl/N-ethyl adjacent to an activating group) is 1. The fourth-order valence-electron chi connectivity index (χ4n) is 2.19. The molecule has 3 nitrogen and oxygen atoms in total. The van der Waals surface area contributed by atoms with Gasteiger partial charge in [-0.05, 0) is 30.7 Å². The van der Waals surface area contributed by atoms with Gasteiger partial charge < -0.3 is 10.0 Å². The van der Waals surface area contributed by atoms with E-state index in [4.69, 9.17) is 0 Å². The van der Waals surface area contributed by atoms with Gasteiger partial charge in [0.2, 0.25) is 5.91 Å². The van der Waals surface area contributed by atoms with Crippen molar-refractivity contribution in [2.24, 2.45) is 5.92 Å². The van der Waals surface area contributed by atoms with Crippen molar-refractivity contribution in [3.05, 3.63) is 42.0 Å². The highest BCUT2D eigenvalue weighted by atomic mass is 16.3. The first-order valence-electron chi connectivity index (χ1n) is 7.30. The van der Waals surface area contributed by atoms with Crippen LogP contribution in [0.25, 0.3) is 6.08 Å². The Morgan fingerprint density at radius 2 is 2.10 bits per heavy atom. The number of carbonyl (C=O) groups is 1. The molecule has 1 saturated carbocycles. The van der Waals surface area contributed by atoms with Gasteiger partial charge in [-0.2, -0.15) is 0 Å². The average Bonchev–Trinajstić information content (AvgIpc) is 3.29. The third-order valence-electron chi connectivity index (χ3n) is 3.69. The summed E-state index contributed by atoms with van der Waals surface area (Å²) in [7, 11) is 1.77. The molecule has 0 spiro atoms. The third-order valence-corrected chi connectivity index (χ3v) is 3.69. The number of amides is 1. The smallest absolute Gasteiger partial charge is 0.222 e. The Balaban J connectivity index is 1.67. The maximum absolute atomic E-state index is 11.9. The molecule has 0 aliphatic heterocycles. The maximum atomic E-state index is 11.9. The predicted molar refractivity (Wildman–Crippen MR) is 81.1 cm³/mol. The van der Waals surface area contributed by atoms with Crippen LogP contribution in [-0.2, 0) is 4.79 Å². The summed E-state index contributed by atoms with van der Waals surface area (Å²) in [6, 6.07) is 10.1. The van der Waals surface area contributed by atoms with Crippen molar-refractivity contribution < 1.29 is 9.90 Å². The minimum absolute atomic E-state index is 0.0995. The topological polar surface area (TPSA) is 40.5 Å². The van der Waals surface area contributed by atoms with Crippen molar-refractivity contribution in [1.82, 2.24) is 4.90 Å². The van der Waals surface area contributed by atoms with E-state index in [1.165, 1.54) is 0 Å². The van der Waals surface area contributed by atoms with E-state index in [9.17, 15) is 9.90 Å². The predicted octanol–water partition coefficient (Wildman–Crippen LogP) is 2.71. The molecule has 1 aromatic carbocycles. The van der Waals surface area contributed by atoms with Gasteiger partial charge in [0.25, 0.3) is 0 Å². The SMILES string of the molecule is CN(CC(O)C1CC1)C(=O)CC/C=C/c1ccccc1. The van der Waals surface area contributed by atoms with Crippen LogP contribution in [0.2, 0.25) is 0 Å². The Morgan fingerprint density at radius 3 is 2.75 bits per heavy atom. The first-order chi connectivity index (χ1) is 9.66. The van der Waals surface area contributed by atoms with Gasteiger partial charge in [0, 0.05) is 20.0 Å². The lowest BCUT2D eigenvalue weighted by Crippen LogP contribution is -2.35. The monoisotopic (exact) mass is 273 g/mol. The zero-order valence-corrected chi connectivity index (χ0v) is 12.0. The first-order valence-corrected chi connectivity index (χ1v) is 7.30. The number of hydrogen-bond donors (Lipinski definition) is 1. The van der Waals surface area contributed by atoms with Crippen LogP contribution in [0.3, 0.4) is 0 Å². The molecule has 1 fully saturated rings. The molecule has 2 rings (SSSR count). The van der Waals surface area contributed by atoms with Crippen LogP contribution in [0.4, 0.5) is 0 Å². The second kappa shape index (κ2) is 7.25. The molecule has 0 radical (unpaired) electrons. The molecule has 0 heterocycles. The Bertz CT molecular complexity index is 451. The molecule has 1 aliphatic rings.